The predicted molar refractivity (Wildman–Crippen MR) is 96.5 cm³/mol. The quantitative estimate of drug-likeness (QED) is 0.780. The second-order valence-corrected chi connectivity index (χ2v) is 6.97. The first-order valence-electron chi connectivity index (χ1n) is 7.50. The van der Waals surface area contributed by atoms with Crippen LogP contribution in [-0.2, 0) is 10.4 Å². The van der Waals surface area contributed by atoms with Gasteiger partial charge >= 0.3 is 0 Å². The number of rotatable bonds is 4. The van der Waals surface area contributed by atoms with E-state index >= 15 is 0 Å². The van der Waals surface area contributed by atoms with E-state index in [0.29, 0.717) is 28.4 Å². The summed E-state index contributed by atoms with van der Waals surface area (Å²) in [6.07, 6.45) is -0.352. The van der Waals surface area contributed by atoms with Gasteiger partial charge in [0.2, 0.25) is 0 Å². The number of carbonyl (C=O) groups is 2. The van der Waals surface area contributed by atoms with Gasteiger partial charge in [-0.25, -0.2) is 0 Å². The number of hydrogen-bond acceptors (Lipinski definition) is 3. The summed E-state index contributed by atoms with van der Waals surface area (Å²) in [6.45, 7) is 2.24. The Kier molecular flexibility index (Phi) is 4.51. The van der Waals surface area contributed by atoms with Gasteiger partial charge in [-0.1, -0.05) is 39.7 Å². The van der Waals surface area contributed by atoms with E-state index in [2.05, 4.69) is 15.9 Å². The highest BCUT2D eigenvalue weighted by atomic mass is 79.9. The molecule has 3 rings (SSSR count). The van der Waals surface area contributed by atoms with Gasteiger partial charge in [0, 0.05) is 22.1 Å². The zero-order chi connectivity index (χ0) is 17.5. The van der Waals surface area contributed by atoms with Gasteiger partial charge in [0.1, 0.15) is 0 Å². The molecule has 124 valence electrons. The molecule has 1 aliphatic heterocycles. The van der Waals surface area contributed by atoms with Crippen LogP contribution >= 0.6 is 27.5 Å². The monoisotopic (exact) mass is 407 g/mol. The lowest BCUT2D eigenvalue weighted by atomic mass is 9.88. The molecule has 0 fully saturated rings. The first kappa shape index (κ1) is 17.1. The van der Waals surface area contributed by atoms with Gasteiger partial charge < -0.3 is 10.0 Å². The first-order valence-corrected chi connectivity index (χ1v) is 8.67. The Labute approximate surface area is 153 Å². The van der Waals surface area contributed by atoms with Crippen LogP contribution in [0.2, 0.25) is 5.02 Å². The second-order valence-electron chi connectivity index (χ2n) is 5.65. The average Bonchev–Trinajstić information content (AvgIpc) is 2.75. The van der Waals surface area contributed by atoms with Crippen molar-refractivity contribution in [2.45, 2.75) is 18.9 Å². The van der Waals surface area contributed by atoms with E-state index in [1.54, 1.807) is 42.5 Å². The minimum absolute atomic E-state index is 0.298. The van der Waals surface area contributed by atoms with Gasteiger partial charge in [0.25, 0.3) is 5.91 Å². The van der Waals surface area contributed by atoms with E-state index in [0.717, 1.165) is 4.47 Å². The molecule has 0 bridgehead atoms. The predicted octanol–water partition coefficient (Wildman–Crippen LogP) is 3.93. The lowest BCUT2D eigenvalue weighted by molar-refractivity contribution is -0.135. The van der Waals surface area contributed by atoms with Gasteiger partial charge in [-0.05, 0) is 37.3 Å². The number of benzene rings is 2. The minimum Gasteiger partial charge on any atom is -0.375 e. The van der Waals surface area contributed by atoms with Gasteiger partial charge in [-0.15, -0.1) is 0 Å². The zero-order valence-corrected chi connectivity index (χ0v) is 15.3. The molecule has 0 saturated carbocycles. The van der Waals surface area contributed by atoms with E-state index in [4.69, 9.17) is 11.6 Å². The van der Waals surface area contributed by atoms with Crippen LogP contribution in [0.1, 0.15) is 29.3 Å². The van der Waals surface area contributed by atoms with Gasteiger partial charge in [0.05, 0.1) is 17.1 Å². The minimum atomic E-state index is -1.88. The number of likely N-dealkylation sites (N-methyl/N-ethyl adjacent to an activating group) is 1. The summed E-state index contributed by atoms with van der Waals surface area (Å²) in [6, 6.07) is 11.9. The van der Waals surface area contributed by atoms with Crippen LogP contribution < -0.4 is 4.90 Å². The van der Waals surface area contributed by atoms with Crippen molar-refractivity contribution < 1.29 is 14.7 Å². The molecule has 0 unspecified atom stereocenters. The third-order valence-electron chi connectivity index (χ3n) is 4.20. The zero-order valence-electron chi connectivity index (χ0n) is 12.9. The SMILES string of the molecule is CCN1C(=O)[C@](O)(CC(=O)c2ccccc2Cl)c2cc(Br)ccc21. The van der Waals surface area contributed by atoms with Crippen molar-refractivity contribution in [3.63, 3.8) is 0 Å². The Bertz CT molecular complexity index is 839. The molecular formula is C18H15BrClNO3. The van der Waals surface area contributed by atoms with E-state index in [-0.39, 0.29) is 12.2 Å². The Balaban J connectivity index is 2.04. The number of fused-ring (bicyclic) bond motifs is 1. The van der Waals surface area contributed by atoms with Crippen molar-refractivity contribution in [2.75, 3.05) is 11.4 Å². The lowest BCUT2D eigenvalue weighted by Gasteiger charge is -2.22. The fourth-order valence-corrected chi connectivity index (χ4v) is 3.62. The third-order valence-corrected chi connectivity index (χ3v) is 5.02. The summed E-state index contributed by atoms with van der Waals surface area (Å²) in [4.78, 5) is 26.9. The number of Topliss-reactive ketones (excluding diaryl/α,β-unsaturated/α-hetero) is 1. The standard InChI is InChI=1S/C18H15BrClNO3/c1-2-21-15-8-7-11(19)9-13(15)18(24,17(21)23)10-16(22)12-5-3-4-6-14(12)20/h3-9,24H,2,10H2,1H3/t18-/m0/s1. The number of nitrogens with zero attached hydrogens (tertiary/aromatic N) is 1. The van der Waals surface area contributed by atoms with E-state index in [9.17, 15) is 14.7 Å². The van der Waals surface area contributed by atoms with Crippen molar-refractivity contribution in [1.29, 1.82) is 0 Å². The Morgan fingerprint density at radius 1 is 1.29 bits per heavy atom. The largest absolute Gasteiger partial charge is 0.375 e. The van der Waals surface area contributed by atoms with E-state index in [1.165, 1.54) is 4.90 Å². The summed E-state index contributed by atoms with van der Waals surface area (Å²) in [5.41, 5.74) is -0.526. The number of ketones is 1. The van der Waals surface area contributed by atoms with Crippen LogP contribution in [0, 0.1) is 0 Å². The smallest absolute Gasteiger partial charge is 0.264 e. The molecule has 6 heteroatoms. The number of hydrogen-bond donors (Lipinski definition) is 1. The number of anilines is 1. The Morgan fingerprint density at radius 3 is 2.67 bits per heavy atom. The van der Waals surface area contributed by atoms with Crippen molar-refractivity contribution in [3.8, 4) is 0 Å². The van der Waals surface area contributed by atoms with Crippen LogP contribution in [0.25, 0.3) is 0 Å². The number of amides is 1. The lowest BCUT2D eigenvalue weighted by Crippen LogP contribution is -2.41. The molecule has 1 aliphatic rings. The van der Waals surface area contributed by atoms with E-state index in [1.807, 2.05) is 6.92 Å². The molecular weight excluding hydrogens is 394 g/mol. The summed E-state index contributed by atoms with van der Waals surface area (Å²) in [5.74, 6) is -0.862. The Morgan fingerprint density at radius 2 is 2.00 bits per heavy atom. The third kappa shape index (κ3) is 2.66. The maximum atomic E-state index is 12.8. The first-order chi connectivity index (χ1) is 11.4. The molecule has 1 amide bonds. The van der Waals surface area contributed by atoms with Crippen molar-refractivity contribution in [2.24, 2.45) is 0 Å². The highest BCUT2D eigenvalue weighted by Gasteiger charge is 2.50. The molecule has 1 heterocycles. The fraction of sp³-hybridized carbons (Fsp3) is 0.222. The average molecular weight is 409 g/mol. The molecule has 0 radical (unpaired) electrons. The Hall–Kier alpha value is -1.69. The highest BCUT2D eigenvalue weighted by Crippen LogP contribution is 2.44. The fourth-order valence-electron chi connectivity index (χ4n) is 3.02. The van der Waals surface area contributed by atoms with Crippen LogP contribution in [0.3, 0.4) is 0 Å². The van der Waals surface area contributed by atoms with Gasteiger partial charge in [-0.3, -0.25) is 9.59 Å². The molecule has 0 aromatic heterocycles. The summed E-state index contributed by atoms with van der Waals surface area (Å²) in [7, 11) is 0. The van der Waals surface area contributed by atoms with Crippen LogP contribution in [0.5, 0.6) is 0 Å². The summed E-state index contributed by atoms with van der Waals surface area (Å²) >= 11 is 9.42. The number of halogens is 2. The summed E-state index contributed by atoms with van der Waals surface area (Å²) < 4.78 is 0.732. The molecule has 0 aliphatic carbocycles. The molecule has 1 atom stereocenters. The molecule has 24 heavy (non-hydrogen) atoms. The van der Waals surface area contributed by atoms with Crippen LogP contribution in [-0.4, -0.2) is 23.3 Å². The second kappa shape index (κ2) is 6.31. The topological polar surface area (TPSA) is 57.6 Å². The normalized spacial score (nSPS) is 19.5. The maximum absolute atomic E-state index is 12.8. The van der Waals surface area contributed by atoms with Crippen molar-refractivity contribution in [1.82, 2.24) is 0 Å². The summed E-state index contributed by atoms with van der Waals surface area (Å²) in [5, 5.41) is 11.4. The highest BCUT2D eigenvalue weighted by molar-refractivity contribution is 9.10. The van der Waals surface area contributed by atoms with E-state index < -0.39 is 11.5 Å². The van der Waals surface area contributed by atoms with Crippen LogP contribution in [0.4, 0.5) is 5.69 Å². The molecule has 4 nitrogen and oxygen atoms in total. The van der Waals surface area contributed by atoms with Crippen molar-refractivity contribution >= 4 is 44.9 Å². The molecule has 0 spiro atoms. The molecule has 0 saturated heterocycles. The number of aliphatic hydroxyl groups is 1. The molecule has 2 aromatic carbocycles. The molecule has 1 N–H and O–H groups in total. The maximum Gasteiger partial charge on any atom is 0.264 e. The van der Waals surface area contributed by atoms with Gasteiger partial charge in [0.15, 0.2) is 11.4 Å². The molecule has 2 aromatic rings. The van der Waals surface area contributed by atoms with Gasteiger partial charge in [-0.2, -0.15) is 0 Å². The number of carbonyl (C=O) groups excluding carboxylic acids is 2. The van der Waals surface area contributed by atoms with Crippen molar-refractivity contribution in [3.05, 3.63) is 63.1 Å². The van der Waals surface area contributed by atoms with Crippen LogP contribution in [0.15, 0.2) is 46.9 Å².